The average molecular weight is 374 g/mol. The number of esters is 1. The van der Waals surface area contributed by atoms with Gasteiger partial charge in [-0.15, -0.1) is 0 Å². The highest BCUT2D eigenvalue weighted by molar-refractivity contribution is 6.30. The van der Waals surface area contributed by atoms with Gasteiger partial charge in [-0.1, -0.05) is 23.7 Å². The smallest absolute Gasteiger partial charge is 0.331 e. The fourth-order valence-electron chi connectivity index (χ4n) is 2.28. The minimum atomic E-state index is -0.624. The summed E-state index contributed by atoms with van der Waals surface area (Å²) in [6.45, 7) is 0.618. The molecular formula is C19H16ClNO5. The molecule has 1 heterocycles. The Morgan fingerprint density at radius 1 is 1.12 bits per heavy atom. The molecule has 0 spiro atoms. The van der Waals surface area contributed by atoms with Crippen molar-refractivity contribution in [3.63, 3.8) is 0 Å². The van der Waals surface area contributed by atoms with E-state index in [9.17, 15) is 9.59 Å². The molecule has 0 saturated carbocycles. The first-order valence-corrected chi connectivity index (χ1v) is 8.28. The van der Waals surface area contributed by atoms with Crippen LogP contribution in [0.3, 0.4) is 0 Å². The monoisotopic (exact) mass is 373 g/mol. The van der Waals surface area contributed by atoms with Crippen LogP contribution < -0.4 is 14.8 Å². The van der Waals surface area contributed by atoms with Crippen LogP contribution in [0.2, 0.25) is 5.02 Å². The number of rotatable bonds is 5. The van der Waals surface area contributed by atoms with Crippen molar-refractivity contribution >= 4 is 35.2 Å². The number of ether oxygens (including phenoxy) is 3. The highest BCUT2D eigenvalue weighted by atomic mass is 35.5. The first-order valence-electron chi connectivity index (χ1n) is 7.90. The van der Waals surface area contributed by atoms with Gasteiger partial charge in [-0.25, -0.2) is 4.79 Å². The van der Waals surface area contributed by atoms with Gasteiger partial charge in [0.05, 0.1) is 0 Å². The Bertz CT molecular complexity index is 850. The van der Waals surface area contributed by atoms with Gasteiger partial charge in [0.15, 0.2) is 18.1 Å². The molecule has 1 amide bonds. The average Bonchev–Trinajstić information content (AvgIpc) is 2.64. The third-order valence-electron chi connectivity index (χ3n) is 3.43. The maximum atomic E-state index is 11.8. The van der Waals surface area contributed by atoms with Crippen molar-refractivity contribution in [1.82, 2.24) is 0 Å². The van der Waals surface area contributed by atoms with Gasteiger partial charge in [-0.2, -0.15) is 0 Å². The largest absolute Gasteiger partial charge is 0.486 e. The second-order valence-corrected chi connectivity index (χ2v) is 5.84. The fourth-order valence-corrected chi connectivity index (χ4v) is 2.47. The van der Waals surface area contributed by atoms with Gasteiger partial charge in [0, 0.05) is 16.8 Å². The number of nitrogens with one attached hydrogen (secondary N) is 1. The number of carbonyl (C=O) groups is 2. The molecule has 0 radical (unpaired) electrons. The number of carbonyl (C=O) groups excluding carboxylic acids is 2. The SMILES string of the molecule is O=C(COC(=O)C=Cc1ccc2c(c1)OCCO2)Nc1cccc(Cl)c1. The minimum absolute atomic E-state index is 0.392. The molecule has 6 nitrogen and oxygen atoms in total. The molecule has 0 saturated heterocycles. The molecule has 0 unspecified atom stereocenters. The van der Waals surface area contributed by atoms with E-state index < -0.39 is 18.5 Å². The van der Waals surface area contributed by atoms with Crippen LogP contribution in [0.25, 0.3) is 6.08 Å². The van der Waals surface area contributed by atoms with E-state index in [2.05, 4.69) is 5.32 Å². The van der Waals surface area contributed by atoms with Gasteiger partial charge >= 0.3 is 5.97 Å². The Hall–Kier alpha value is -2.99. The van der Waals surface area contributed by atoms with E-state index in [1.807, 2.05) is 0 Å². The molecular weight excluding hydrogens is 358 g/mol. The summed E-state index contributed by atoms with van der Waals surface area (Å²) in [6.07, 6.45) is 2.83. The molecule has 2 aromatic carbocycles. The minimum Gasteiger partial charge on any atom is -0.486 e. The number of anilines is 1. The molecule has 3 rings (SSSR count). The van der Waals surface area contributed by atoms with Crippen molar-refractivity contribution in [2.24, 2.45) is 0 Å². The van der Waals surface area contributed by atoms with Crippen molar-refractivity contribution in [3.05, 3.63) is 59.1 Å². The third kappa shape index (κ3) is 5.00. The van der Waals surface area contributed by atoms with E-state index in [-0.39, 0.29) is 0 Å². The normalized spacial score (nSPS) is 12.7. The molecule has 1 aliphatic heterocycles. The predicted octanol–water partition coefficient (Wildman–Crippen LogP) is 3.31. The van der Waals surface area contributed by atoms with E-state index in [1.165, 1.54) is 6.08 Å². The van der Waals surface area contributed by atoms with Crippen LogP contribution in [0.5, 0.6) is 11.5 Å². The Kier molecular flexibility index (Phi) is 5.76. The van der Waals surface area contributed by atoms with Gasteiger partial charge in [-0.05, 0) is 42.0 Å². The second kappa shape index (κ2) is 8.40. The number of hydrogen-bond donors (Lipinski definition) is 1. The molecule has 0 atom stereocenters. The second-order valence-electron chi connectivity index (χ2n) is 5.40. The lowest BCUT2D eigenvalue weighted by Gasteiger charge is -2.18. The molecule has 2 aromatic rings. The number of fused-ring (bicyclic) bond motifs is 1. The summed E-state index contributed by atoms with van der Waals surface area (Å²) in [6, 6.07) is 12.0. The van der Waals surface area contributed by atoms with Gasteiger partial charge in [0.1, 0.15) is 13.2 Å². The van der Waals surface area contributed by atoms with E-state index in [4.69, 9.17) is 25.8 Å². The van der Waals surface area contributed by atoms with Crippen molar-refractivity contribution < 1.29 is 23.8 Å². The van der Waals surface area contributed by atoms with Crippen molar-refractivity contribution in [3.8, 4) is 11.5 Å². The summed E-state index contributed by atoms with van der Waals surface area (Å²) < 4.78 is 15.8. The zero-order valence-electron chi connectivity index (χ0n) is 13.7. The van der Waals surface area contributed by atoms with Crippen LogP contribution in [0.1, 0.15) is 5.56 Å². The molecule has 1 N–H and O–H groups in total. The summed E-state index contributed by atoms with van der Waals surface area (Å²) in [5.41, 5.74) is 1.29. The predicted molar refractivity (Wildman–Crippen MR) is 97.5 cm³/mol. The highest BCUT2D eigenvalue weighted by Crippen LogP contribution is 2.31. The lowest BCUT2D eigenvalue weighted by molar-refractivity contribution is -0.142. The molecule has 7 heteroatoms. The number of amides is 1. The lowest BCUT2D eigenvalue weighted by atomic mass is 10.2. The van der Waals surface area contributed by atoms with Crippen molar-refractivity contribution in [2.75, 3.05) is 25.1 Å². The van der Waals surface area contributed by atoms with Crippen LogP contribution >= 0.6 is 11.6 Å². The van der Waals surface area contributed by atoms with Gasteiger partial charge in [0.25, 0.3) is 5.91 Å². The van der Waals surface area contributed by atoms with Crippen LogP contribution in [0.4, 0.5) is 5.69 Å². The van der Waals surface area contributed by atoms with E-state index in [0.29, 0.717) is 35.4 Å². The number of hydrogen-bond acceptors (Lipinski definition) is 5. The lowest BCUT2D eigenvalue weighted by Crippen LogP contribution is -2.20. The summed E-state index contributed by atoms with van der Waals surface area (Å²) in [5.74, 6) is 0.232. The molecule has 134 valence electrons. The first kappa shape index (κ1) is 17.8. The Morgan fingerprint density at radius 2 is 1.92 bits per heavy atom. The van der Waals surface area contributed by atoms with Crippen LogP contribution in [-0.2, 0) is 14.3 Å². The summed E-state index contributed by atoms with van der Waals surface area (Å²) in [5, 5.41) is 3.09. The summed E-state index contributed by atoms with van der Waals surface area (Å²) in [4.78, 5) is 23.5. The first-order chi connectivity index (χ1) is 12.6. The Balaban J connectivity index is 1.49. The zero-order chi connectivity index (χ0) is 18.4. The summed E-state index contributed by atoms with van der Waals surface area (Å²) >= 11 is 5.84. The van der Waals surface area contributed by atoms with E-state index in [0.717, 1.165) is 5.56 Å². The fraction of sp³-hybridized carbons (Fsp3) is 0.158. The highest BCUT2D eigenvalue weighted by Gasteiger charge is 2.11. The zero-order valence-corrected chi connectivity index (χ0v) is 14.5. The Labute approximate surface area is 155 Å². The standard InChI is InChI=1S/C19H16ClNO5/c20-14-2-1-3-15(11-14)21-18(22)12-26-19(23)7-5-13-4-6-16-17(10-13)25-9-8-24-16/h1-7,10-11H,8-9,12H2,(H,21,22). The Morgan fingerprint density at radius 3 is 2.73 bits per heavy atom. The molecule has 0 fully saturated rings. The number of halogens is 1. The van der Waals surface area contributed by atoms with Gasteiger partial charge < -0.3 is 19.5 Å². The van der Waals surface area contributed by atoms with E-state index in [1.54, 1.807) is 48.5 Å². The molecule has 1 aliphatic rings. The quantitative estimate of drug-likeness (QED) is 0.643. The van der Waals surface area contributed by atoms with Gasteiger partial charge in [-0.3, -0.25) is 4.79 Å². The molecule has 0 aromatic heterocycles. The maximum Gasteiger partial charge on any atom is 0.331 e. The van der Waals surface area contributed by atoms with Crippen LogP contribution in [-0.4, -0.2) is 31.7 Å². The molecule has 0 aliphatic carbocycles. The third-order valence-corrected chi connectivity index (χ3v) is 3.67. The number of benzene rings is 2. The maximum absolute atomic E-state index is 11.8. The van der Waals surface area contributed by atoms with Gasteiger partial charge in [0.2, 0.25) is 0 Å². The van der Waals surface area contributed by atoms with Crippen molar-refractivity contribution in [2.45, 2.75) is 0 Å². The van der Waals surface area contributed by atoms with Crippen molar-refractivity contribution in [1.29, 1.82) is 0 Å². The summed E-state index contributed by atoms with van der Waals surface area (Å²) in [7, 11) is 0. The van der Waals surface area contributed by atoms with E-state index >= 15 is 0 Å². The van der Waals surface area contributed by atoms with Crippen LogP contribution in [0, 0.1) is 0 Å². The topological polar surface area (TPSA) is 73.9 Å². The molecule has 0 bridgehead atoms. The van der Waals surface area contributed by atoms with Crippen LogP contribution in [0.15, 0.2) is 48.5 Å². The molecule has 26 heavy (non-hydrogen) atoms.